The van der Waals surface area contributed by atoms with Crippen LogP contribution in [0, 0.1) is 0 Å². The van der Waals surface area contributed by atoms with Crippen LogP contribution in [0.1, 0.15) is 22.8 Å². The topological polar surface area (TPSA) is 47.6 Å². The molecule has 0 aliphatic rings. The first kappa shape index (κ1) is 20.2. The van der Waals surface area contributed by atoms with Crippen LogP contribution in [0.5, 0.6) is 11.5 Å². The molecule has 6 heteroatoms. The monoisotopic (exact) mass is 459 g/mol. The van der Waals surface area contributed by atoms with Crippen molar-refractivity contribution in [3.8, 4) is 11.5 Å². The molecule has 0 aliphatic heterocycles. The third-order valence-electron chi connectivity index (χ3n) is 3.96. The molecule has 1 amide bonds. The molecule has 3 rings (SSSR count). The van der Waals surface area contributed by atoms with Crippen molar-refractivity contribution in [1.82, 2.24) is 0 Å². The lowest BCUT2D eigenvalue weighted by Crippen LogP contribution is -2.13. The van der Waals surface area contributed by atoms with Gasteiger partial charge in [0.05, 0.1) is 17.3 Å². The molecule has 3 aromatic rings. The van der Waals surface area contributed by atoms with Gasteiger partial charge in [-0.1, -0.05) is 35.9 Å². The fourth-order valence-corrected chi connectivity index (χ4v) is 3.18. The Morgan fingerprint density at radius 2 is 1.75 bits per heavy atom. The molecule has 0 spiro atoms. The van der Waals surface area contributed by atoms with Gasteiger partial charge in [0.1, 0.15) is 18.1 Å². The molecule has 0 heterocycles. The van der Waals surface area contributed by atoms with Gasteiger partial charge in [-0.25, -0.2) is 0 Å². The molecule has 0 saturated carbocycles. The van der Waals surface area contributed by atoms with Gasteiger partial charge >= 0.3 is 0 Å². The lowest BCUT2D eigenvalue weighted by atomic mass is 10.1. The Balaban J connectivity index is 1.81. The van der Waals surface area contributed by atoms with Crippen LogP contribution in [0.15, 0.2) is 71.2 Å². The highest BCUT2D eigenvalue weighted by Gasteiger charge is 2.13. The molecule has 144 valence electrons. The van der Waals surface area contributed by atoms with Gasteiger partial charge in [-0.2, -0.15) is 0 Å². The second-order valence-electron chi connectivity index (χ2n) is 5.91. The van der Waals surface area contributed by atoms with Gasteiger partial charge < -0.3 is 14.8 Å². The van der Waals surface area contributed by atoms with Gasteiger partial charge in [-0.05, 0) is 65.3 Å². The number of anilines is 1. The van der Waals surface area contributed by atoms with Gasteiger partial charge in [0, 0.05) is 15.6 Å². The molecular formula is C22H19BrClNO3. The maximum Gasteiger partial charge on any atom is 0.255 e. The number of ether oxygens (including phenoxy) is 2. The minimum Gasteiger partial charge on any atom is -0.493 e. The first-order chi connectivity index (χ1) is 13.6. The standard InChI is InChI=1S/C22H19BrClNO3/c1-2-27-20-12-11-15(22(26)25-19-9-5-3-7-17(19)23)13-16(20)14-28-21-10-6-4-8-18(21)24/h3-13H,2,14H2,1H3,(H,25,26). The normalized spacial score (nSPS) is 10.4. The number of nitrogens with one attached hydrogen (secondary N) is 1. The van der Waals surface area contributed by atoms with E-state index in [2.05, 4.69) is 21.2 Å². The molecule has 0 aromatic heterocycles. The molecule has 0 aliphatic carbocycles. The van der Waals surface area contributed by atoms with Crippen molar-refractivity contribution in [2.24, 2.45) is 0 Å². The van der Waals surface area contributed by atoms with Crippen LogP contribution in [0.3, 0.4) is 0 Å². The summed E-state index contributed by atoms with van der Waals surface area (Å²) in [6.45, 7) is 2.66. The Labute approximate surface area is 177 Å². The molecular weight excluding hydrogens is 442 g/mol. The van der Waals surface area contributed by atoms with E-state index in [1.54, 1.807) is 30.3 Å². The van der Waals surface area contributed by atoms with E-state index in [1.165, 1.54) is 0 Å². The Hall–Kier alpha value is -2.50. The first-order valence-corrected chi connectivity index (χ1v) is 9.94. The SMILES string of the molecule is CCOc1ccc(C(=O)Nc2ccccc2Br)cc1COc1ccccc1Cl. The smallest absolute Gasteiger partial charge is 0.255 e. The van der Waals surface area contributed by atoms with Crippen molar-refractivity contribution in [3.63, 3.8) is 0 Å². The summed E-state index contributed by atoms with van der Waals surface area (Å²) in [6.07, 6.45) is 0. The van der Waals surface area contributed by atoms with Crippen molar-refractivity contribution < 1.29 is 14.3 Å². The van der Waals surface area contributed by atoms with E-state index in [9.17, 15) is 4.79 Å². The van der Waals surface area contributed by atoms with Crippen LogP contribution in [0.4, 0.5) is 5.69 Å². The zero-order valence-electron chi connectivity index (χ0n) is 15.2. The summed E-state index contributed by atoms with van der Waals surface area (Å²) in [6, 6.07) is 20.0. The number of halogens is 2. The zero-order chi connectivity index (χ0) is 19.9. The lowest BCUT2D eigenvalue weighted by Gasteiger charge is -2.14. The summed E-state index contributed by atoms with van der Waals surface area (Å²) in [4.78, 5) is 12.7. The van der Waals surface area contributed by atoms with Gasteiger partial charge in [-0.15, -0.1) is 0 Å². The Kier molecular flexibility index (Phi) is 6.95. The highest BCUT2D eigenvalue weighted by atomic mass is 79.9. The van der Waals surface area contributed by atoms with Crippen LogP contribution in [-0.4, -0.2) is 12.5 Å². The average Bonchev–Trinajstić information content (AvgIpc) is 2.70. The predicted molar refractivity (Wildman–Crippen MR) is 115 cm³/mol. The zero-order valence-corrected chi connectivity index (χ0v) is 17.6. The van der Waals surface area contributed by atoms with Gasteiger partial charge in [0.2, 0.25) is 0 Å². The van der Waals surface area contributed by atoms with Gasteiger partial charge in [0.15, 0.2) is 0 Å². The number of carbonyl (C=O) groups is 1. The Morgan fingerprint density at radius 1 is 1.00 bits per heavy atom. The molecule has 1 N–H and O–H groups in total. The molecule has 0 bridgehead atoms. The summed E-state index contributed by atoms with van der Waals surface area (Å²) in [7, 11) is 0. The van der Waals surface area contributed by atoms with Crippen molar-refractivity contribution in [2.75, 3.05) is 11.9 Å². The summed E-state index contributed by atoms with van der Waals surface area (Å²) in [5.74, 6) is 1.04. The maximum atomic E-state index is 12.7. The largest absolute Gasteiger partial charge is 0.493 e. The van der Waals surface area contributed by atoms with Crippen LogP contribution < -0.4 is 14.8 Å². The predicted octanol–water partition coefficient (Wildman–Crippen LogP) is 6.33. The third kappa shape index (κ3) is 5.06. The van der Waals surface area contributed by atoms with Crippen LogP contribution >= 0.6 is 27.5 Å². The van der Waals surface area contributed by atoms with Crippen LogP contribution in [0.25, 0.3) is 0 Å². The Morgan fingerprint density at radius 3 is 2.50 bits per heavy atom. The van der Waals surface area contributed by atoms with E-state index in [-0.39, 0.29) is 12.5 Å². The number of carbonyl (C=O) groups excluding carboxylic acids is 1. The van der Waals surface area contributed by atoms with Gasteiger partial charge in [-0.3, -0.25) is 4.79 Å². The highest BCUT2D eigenvalue weighted by Crippen LogP contribution is 2.28. The fraction of sp³-hybridized carbons (Fsp3) is 0.136. The first-order valence-electron chi connectivity index (χ1n) is 8.77. The van der Waals surface area contributed by atoms with E-state index in [0.717, 1.165) is 10.0 Å². The van der Waals surface area contributed by atoms with Crippen molar-refractivity contribution in [3.05, 3.63) is 87.4 Å². The fourth-order valence-electron chi connectivity index (χ4n) is 2.60. The molecule has 0 fully saturated rings. The number of para-hydroxylation sites is 2. The number of hydrogen-bond acceptors (Lipinski definition) is 3. The minimum absolute atomic E-state index is 0.214. The number of amides is 1. The highest BCUT2D eigenvalue weighted by molar-refractivity contribution is 9.10. The molecule has 0 atom stereocenters. The quantitative estimate of drug-likeness (QED) is 0.448. The van der Waals surface area contributed by atoms with Crippen molar-refractivity contribution in [1.29, 1.82) is 0 Å². The molecule has 28 heavy (non-hydrogen) atoms. The molecule has 0 unspecified atom stereocenters. The molecule has 3 aromatic carbocycles. The Bertz CT molecular complexity index is 978. The van der Waals surface area contributed by atoms with E-state index >= 15 is 0 Å². The van der Waals surface area contributed by atoms with E-state index in [4.69, 9.17) is 21.1 Å². The second kappa shape index (κ2) is 9.62. The summed E-state index contributed by atoms with van der Waals surface area (Å²) < 4.78 is 12.3. The average molecular weight is 461 g/mol. The molecule has 4 nitrogen and oxygen atoms in total. The van der Waals surface area contributed by atoms with E-state index in [0.29, 0.717) is 34.4 Å². The number of benzene rings is 3. The van der Waals surface area contributed by atoms with E-state index in [1.807, 2.05) is 43.3 Å². The second-order valence-corrected chi connectivity index (χ2v) is 7.17. The van der Waals surface area contributed by atoms with Crippen molar-refractivity contribution >= 4 is 39.1 Å². The van der Waals surface area contributed by atoms with E-state index < -0.39 is 0 Å². The maximum absolute atomic E-state index is 12.7. The number of hydrogen-bond donors (Lipinski definition) is 1. The molecule has 0 radical (unpaired) electrons. The third-order valence-corrected chi connectivity index (χ3v) is 4.97. The number of rotatable bonds is 7. The van der Waals surface area contributed by atoms with Gasteiger partial charge in [0.25, 0.3) is 5.91 Å². The summed E-state index contributed by atoms with van der Waals surface area (Å²) in [5.41, 5.74) is 1.98. The molecule has 0 saturated heterocycles. The summed E-state index contributed by atoms with van der Waals surface area (Å²) in [5, 5.41) is 3.43. The lowest BCUT2D eigenvalue weighted by molar-refractivity contribution is 0.102. The van der Waals surface area contributed by atoms with Crippen LogP contribution in [-0.2, 0) is 6.61 Å². The van der Waals surface area contributed by atoms with Crippen molar-refractivity contribution in [2.45, 2.75) is 13.5 Å². The van der Waals surface area contributed by atoms with Crippen LogP contribution in [0.2, 0.25) is 5.02 Å². The summed E-state index contributed by atoms with van der Waals surface area (Å²) >= 11 is 9.59. The minimum atomic E-state index is -0.214.